The normalized spacial score (nSPS) is 40.9. The fraction of sp³-hybridized carbons (Fsp3) is 0.759. The Bertz CT molecular complexity index is 892. The van der Waals surface area contributed by atoms with E-state index in [2.05, 4.69) is 34.6 Å². The Labute approximate surface area is 194 Å². The van der Waals surface area contributed by atoms with E-state index >= 15 is 0 Å². The highest BCUT2D eigenvalue weighted by Crippen LogP contribution is 2.65. The van der Waals surface area contributed by atoms with Gasteiger partial charge in [-0.1, -0.05) is 38.8 Å². The van der Waals surface area contributed by atoms with Crippen molar-refractivity contribution in [2.75, 3.05) is 0 Å². The molecule has 0 bridgehead atoms. The molecular weight excluding hydrogens is 396 g/mol. The molecule has 0 heterocycles. The summed E-state index contributed by atoms with van der Waals surface area (Å²) in [5.74, 6) is 2.85. The maximum atomic E-state index is 13.8. The minimum absolute atomic E-state index is 0.0615. The molecule has 0 aromatic carbocycles. The summed E-state index contributed by atoms with van der Waals surface area (Å²) in [6, 6.07) is 0. The second-order valence-electron chi connectivity index (χ2n) is 12.2. The van der Waals surface area contributed by atoms with E-state index < -0.39 is 0 Å². The zero-order valence-corrected chi connectivity index (χ0v) is 21.1. The molecule has 7 atom stereocenters. The maximum Gasteiger partial charge on any atom is 0.159 e. The third-order valence-electron chi connectivity index (χ3n) is 10.6. The molecule has 0 N–H and O–H groups in total. The summed E-state index contributed by atoms with van der Waals surface area (Å²) in [5.41, 5.74) is 4.66. The largest absolute Gasteiger partial charge is 0.299 e. The zero-order chi connectivity index (χ0) is 23.4. The molecule has 0 saturated heterocycles. The van der Waals surface area contributed by atoms with E-state index in [4.69, 9.17) is 0 Å². The Balaban J connectivity index is 1.61. The summed E-state index contributed by atoms with van der Waals surface area (Å²) in [6.07, 6.45) is 9.68. The predicted octanol–water partition coefficient (Wildman–Crippen LogP) is 6.66. The van der Waals surface area contributed by atoms with Crippen molar-refractivity contribution in [2.45, 2.75) is 99.3 Å². The lowest BCUT2D eigenvalue weighted by Crippen LogP contribution is -2.50. The van der Waals surface area contributed by atoms with Crippen LogP contribution in [0.4, 0.5) is 0 Å². The molecule has 0 unspecified atom stereocenters. The van der Waals surface area contributed by atoms with Crippen LogP contribution < -0.4 is 0 Å². The molecule has 4 rings (SSSR count). The van der Waals surface area contributed by atoms with Crippen molar-refractivity contribution in [3.05, 3.63) is 22.3 Å². The lowest BCUT2D eigenvalue weighted by molar-refractivity contribution is -0.133. The minimum Gasteiger partial charge on any atom is -0.299 e. The minimum atomic E-state index is -0.0999. The molecule has 2 saturated carbocycles. The predicted molar refractivity (Wildman–Crippen MR) is 128 cm³/mol. The highest BCUT2D eigenvalue weighted by Gasteiger charge is 2.59. The smallest absolute Gasteiger partial charge is 0.159 e. The van der Waals surface area contributed by atoms with Gasteiger partial charge >= 0.3 is 0 Å². The standard InChI is InChI=1S/C29H42O3/c1-17(19(3)16-30)7-8-18(2)22-11-12-24-21-9-10-23-20(4)25(31)13-14-28(23,5)27(21)26(32)15-29(22,24)6/h16,18,20,22-24H,7-15H2,1-6H3/t18-,20+,22-,23+,24+,28+,29-/m1/s1. The number of carbonyl (C=O) groups is 3. The summed E-state index contributed by atoms with van der Waals surface area (Å²) in [5, 5.41) is 0. The van der Waals surface area contributed by atoms with E-state index in [0.29, 0.717) is 48.1 Å². The first kappa shape index (κ1) is 23.6. The van der Waals surface area contributed by atoms with Crippen LogP contribution in [0.2, 0.25) is 0 Å². The molecule has 2 fully saturated rings. The first-order valence-electron chi connectivity index (χ1n) is 13.0. The molecule has 176 valence electrons. The monoisotopic (exact) mass is 438 g/mol. The van der Waals surface area contributed by atoms with Crippen molar-refractivity contribution in [1.82, 2.24) is 0 Å². The Hall–Kier alpha value is -1.51. The molecule has 0 aliphatic heterocycles. The van der Waals surface area contributed by atoms with E-state index in [1.54, 1.807) is 0 Å². The van der Waals surface area contributed by atoms with Gasteiger partial charge in [-0.2, -0.15) is 0 Å². The molecule has 3 nitrogen and oxygen atoms in total. The SMILES string of the molecule is CC(C=O)=C(C)CC[C@@H](C)[C@H]1CC[C@H]2C3=C(C(=O)C[C@]12C)[C@@]1(C)CCC(=O)[C@@H](C)[C@@H]1CC3. The average Bonchev–Trinajstić information content (AvgIpc) is 3.10. The summed E-state index contributed by atoms with van der Waals surface area (Å²) < 4.78 is 0. The highest BCUT2D eigenvalue weighted by molar-refractivity contribution is 6.00. The van der Waals surface area contributed by atoms with Crippen LogP contribution in [0.25, 0.3) is 0 Å². The average molecular weight is 439 g/mol. The second kappa shape index (κ2) is 8.37. The first-order chi connectivity index (χ1) is 15.0. The third-order valence-corrected chi connectivity index (χ3v) is 10.6. The van der Waals surface area contributed by atoms with Crippen LogP contribution in [0.15, 0.2) is 22.3 Å². The lowest BCUT2D eigenvalue weighted by atomic mass is 9.48. The van der Waals surface area contributed by atoms with Crippen LogP contribution in [0, 0.1) is 40.4 Å². The van der Waals surface area contributed by atoms with Gasteiger partial charge in [-0.15, -0.1) is 0 Å². The molecule has 4 aliphatic carbocycles. The Morgan fingerprint density at radius 2 is 1.84 bits per heavy atom. The molecule has 0 radical (unpaired) electrons. The Morgan fingerprint density at radius 3 is 2.53 bits per heavy atom. The highest BCUT2D eigenvalue weighted by atomic mass is 16.1. The van der Waals surface area contributed by atoms with Crippen LogP contribution in [0.5, 0.6) is 0 Å². The number of hydrogen-bond donors (Lipinski definition) is 0. The van der Waals surface area contributed by atoms with Gasteiger partial charge in [-0.3, -0.25) is 14.4 Å². The van der Waals surface area contributed by atoms with Crippen molar-refractivity contribution in [3.63, 3.8) is 0 Å². The van der Waals surface area contributed by atoms with Crippen LogP contribution in [0.3, 0.4) is 0 Å². The number of fused-ring (bicyclic) bond motifs is 4. The number of hydrogen-bond acceptors (Lipinski definition) is 3. The van der Waals surface area contributed by atoms with Gasteiger partial charge in [0, 0.05) is 24.3 Å². The summed E-state index contributed by atoms with van der Waals surface area (Å²) in [6.45, 7) is 13.1. The van der Waals surface area contributed by atoms with Crippen LogP contribution >= 0.6 is 0 Å². The van der Waals surface area contributed by atoms with Crippen molar-refractivity contribution >= 4 is 17.9 Å². The number of Topliss-reactive ketones (excluding diaryl/α,β-unsaturated/α-hetero) is 2. The zero-order valence-electron chi connectivity index (χ0n) is 21.1. The molecular formula is C29H42O3. The van der Waals surface area contributed by atoms with Crippen molar-refractivity contribution in [3.8, 4) is 0 Å². The van der Waals surface area contributed by atoms with E-state index in [1.807, 2.05) is 6.92 Å². The molecule has 0 aromatic rings. The van der Waals surface area contributed by atoms with Gasteiger partial charge in [0.15, 0.2) is 5.78 Å². The molecule has 0 spiro atoms. The third kappa shape index (κ3) is 3.49. The fourth-order valence-corrected chi connectivity index (χ4v) is 8.50. The van der Waals surface area contributed by atoms with Crippen molar-refractivity contribution in [1.29, 1.82) is 0 Å². The first-order valence-corrected chi connectivity index (χ1v) is 13.0. The van der Waals surface area contributed by atoms with Gasteiger partial charge in [0.05, 0.1) is 0 Å². The van der Waals surface area contributed by atoms with E-state index in [9.17, 15) is 14.4 Å². The summed E-state index contributed by atoms with van der Waals surface area (Å²) >= 11 is 0. The van der Waals surface area contributed by atoms with Gasteiger partial charge in [-0.05, 0) is 98.9 Å². The second-order valence-corrected chi connectivity index (χ2v) is 12.2. The number of ketones is 2. The Kier molecular flexibility index (Phi) is 6.18. The number of carbonyl (C=O) groups excluding carboxylic acids is 3. The number of aldehydes is 1. The molecule has 32 heavy (non-hydrogen) atoms. The molecule has 0 amide bonds. The number of rotatable bonds is 5. The van der Waals surface area contributed by atoms with Crippen LogP contribution in [-0.4, -0.2) is 17.9 Å². The van der Waals surface area contributed by atoms with Crippen molar-refractivity contribution < 1.29 is 14.4 Å². The number of allylic oxidation sites excluding steroid dienone is 4. The lowest BCUT2D eigenvalue weighted by Gasteiger charge is -2.54. The maximum absolute atomic E-state index is 13.8. The van der Waals surface area contributed by atoms with E-state index in [1.165, 1.54) is 24.0 Å². The van der Waals surface area contributed by atoms with E-state index in [-0.39, 0.29) is 16.7 Å². The van der Waals surface area contributed by atoms with Crippen LogP contribution in [0.1, 0.15) is 99.3 Å². The summed E-state index contributed by atoms with van der Waals surface area (Å²) in [4.78, 5) is 37.3. The fourth-order valence-electron chi connectivity index (χ4n) is 8.50. The molecule has 0 aromatic heterocycles. The van der Waals surface area contributed by atoms with Crippen molar-refractivity contribution in [2.24, 2.45) is 40.4 Å². The topological polar surface area (TPSA) is 51.2 Å². The van der Waals surface area contributed by atoms with Gasteiger partial charge < -0.3 is 0 Å². The summed E-state index contributed by atoms with van der Waals surface area (Å²) in [7, 11) is 0. The molecule has 4 aliphatic rings. The quantitative estimate of drug-likeness (QED) is 0.356. The van der Waals surface area contributed by atoms with Gasteiger partial charge in [0.2, 0.25) is 0 Å². The van der Waals surface area contributed by atoms with Gasteiger partial charge in [-0.25, -0.2) is 0 Å². The van der Waals surface area contributed by atoms with E-state index in [0.717, 1.165) is 49.5 Å². The van der Waals surface area contributed by atoms with Gasteiger partial charge in [0.25, 0.3) is 0 Å². The van der Waals surface area contributed by atoms with Gasteiger partial charge in [0.1, 0.15) is 12.1 Å². The van der Waals surface area contributed by atoms with Crippen LogP contribution in [-0.2, 0) is 14.4 Å². The Morgan fingerprint density at radius 1 is 1.12 bits per heavy atom. The molecule has 3 heteroatoms.